The van der Waals surface area contributed by atoms with Gasteiger partial charge in [0.15, 0.2) is 0 Å². The van der Waals surface area contributed by atoms with Crippen molar-refractivity contribution in [2.75, 3.05) is 31.0 Å². The van der Waals surface area contributed by atoms with Gasteiger partial charge in [-0.05, 0) is 49.6 Å². The molecule has 2 atom stereocenters. The van der Waals surface area contributed by atoms with Crippen LogP contribution in [0.4, 0.5) is 22.2 Å². The number of hydrogen-bond acceptors (Lipinski definition) is 9. The monoisotopic (exact) mass is 475 g/mol. The molecule has 9 nitrogen and oxygen atoms in total. The van der Waals surface area contributed by atoms with Crippen molar-refractivity contribution < 1.29 is 18.5 Å². The summed E-state index contributed by atoms with van der Waals surface area (Å²) in [4.78, 5) is 21.9. The van der Waals surface area contributed by atoms with Crippen molar-refractivity contribution in [1.82, 2.24) is 9.97 Å². The third-order valence-corrected chi connectivity index (χ3v) is 6.15. The second-order valence-corrected chi connectivity index (χ2v) is 8.89. The number of nitrogens with zero attached hydrogens (tertiary/aromatic N) is 3. The van der Waals surface area contributed by atoms with Gasteiger partial charge in [0.1, 0.15) is 5.82 Å². The average Bonchev–Trinajstić information content (AvgIpc) is 3.29. The maximum Gasteiger partial charge on any atom is 0.441 e. The highest BCUT2D eigenvalue weighted by atomic mass is 32.2. The summed E-state index contributed by atoms with van der Waals surface area (Å²) in [6.07, 6.45) is 0.935. The fourth-order valence-corrected chi connectivity index (χ4v) is 4.24. The number of anilines is 3. The van der Waals surface area contributed by atoms with Gasteiger partial charge in [0, 0.05) is 34.8 Å². The molecule has 2 N–H and O–H groups in total. The van der Waals surface area contributed by atoms with Crippen molar-refractivity contribution in [3.63, 3.8) is 0 Å². The minimum Gasteiger partial charge on any atom is -0.448 e. The molecule has 0 fully saturated rings. The summed E-state index contributed by atoms with van der Waals surface area (Å²) in [5.74, 6) is 1.10. The summed E-state index contributed by atoms with van der Waals surface area (Å²) >= 11 is 1.61. The summed E-state index contributed by atoms with van der Waals surface area (Å²) in [6.45, 7) is 4.39. The zero-order valence-electron chi connectivity index (χ0n) is 17.9. The minimum absolute atomic E-state index is 0.0557. The summed E-state index contributed by atoms with van der Waals surface area (Å²) in [7, 11) is -0.566. The molecule has 1 amide bonds. The molecule has 0 bridgehead atoms. The van der Waals surface area contributed by atoms with Gasteiger partial charge in [-0.3, -0.25) is 0 Å². The Labute approximate surface area is 192 Å². The summed E-state index contributed by atoms with van der Waals surface area (Å²) in [5.41, 5.74) is 1.61. The summed E-state index contributed by atoms with van der Waals surface area (Å²) in [5, 5.41) is 8.52. The number of carbonyl (C=O) groups excluding carboxylic acids is 1. The van der Waals surface area contributed by atoms with Crippen LogP contribution in [0.1, 0.15) is 13.8 Å². The number of thiol groups is 1. The maximum atomic E-state index is 12.2. The normalized spacial score (nSPS) is 12.8. The van der Waals surface area contributed by atoms with E-state index in [0.29, 0.717) is 29.0 Å². The molecule has 0 aliphatic heterocycles. The van der Waals surface area contributed by atoms with Crippen LogP contribution in [0.3, 0.4) is 0 Å². The third-order valence-electron chi connectivity index (χ3n) is 4.16. The van der Waals surface area contributed by atoms with Crippen LogP contribution in [0, 0.1) is 0 Å². The molecule has 0 aliphatic carbocycles. The number of carbonyl (C=O) groups is 1. The lowest BCUT2D eigenvalue weighted by atomic mass is 10.2. The predicted octanol–water partition coefficient (Wildman–Crippen LogP) is 4.58. The number of aromatic nitrogens is 2. The molecule has 0 saturated heterocycles. The molecule has 2 unspecified atom stereocenters. The SMILES string of the molecule is CCOC(=O)/N=[SH](=O)/c1ccc(Nc2ncc(-c3cccs3)c(NC(C)COC)n2)cc1. The van der Waals surface area contributed by atoms with E-state index < -0.39 is 16.7 Å². The third kappa shape index (κ3) is 6.49. The molecule has 32 heavy (non-hydrogen) atoms. The highest BCUT2D eigenvalue weighted by molar-refractivity contribution is 7.75. The van der Waals surface area contributed by atoms with Crippen molar-refractivity contribution in [3.8, 4) is 10.4 Å². The van der Waals surface area contributed by atoms with E-state index in [-0.39, 0.29) is 12.6 Å². The number of nitrogens with one attached hydrogen (secondary N) is 2. The number of benzene rings is 1. The molecule has 3 aromatic rings. The van der Waals surface area contributed by atoms with E-state index in [4.69, 9.17) is 9.47 Å². The predicted molar refractivity (Wildman–Crippen MR) is 127 cm³/mol. The Kier molecular flexibility index (Phi) is 8.54. The Morgan fingerprint density at radius 1 is 1.28 bits per heavy atom. The van der Waals surface area contributed by atoms with Gasteiger partial charge in [0.25, 0.3) is 0 Å². The lowest BCUT2D eigenvalue weighted by molar-refractivity contribution is 0.164. The van der Waals surface area contributed by atoms with E-state index in [1.807, 2.05) is 24.4 Å². The zero-order chi connectivity index (χ0) is 22.9. The molecule has 170 valence electrons. The number of thiophene rings is 1. The molecule has 0 saturated carbocycles. The standard InChI is InChI=1S/C21H25N5O4S2/c1-4-30-21(27)26-32(28)16-9-7-15(8-10-16)24-20-22-12-17(18-6-5-11-31-18)19(25-20)23-14(2)13-29-3/h5-12,14,32H,4,13H2,1-3H3,(H2,22,23,24,25). The average molecular weight is 476 g/mol. The summed E-state index contributed by atoms with van der Waals surface area (Å²) < 4.78 is 25.6. The van der Waals surface area contributed by atoms with E-state index in [1.165, 1.54) is 0 Å². The molecule has 3 rings (SSSR count). The Morgan fingerprint density at radius 2 is 2.06 bits per heavy atom. The highest BCUT2D eigenvalue weighted by Gasteiger charge is 2.13. The second-order valence-electron chi connectivity index (χ2n) is 6.68. The fourth-order valence-electron chi connectivity index (χ4n) is 2.77. The lowest BCUT2D eigenvalue weighted by Crippen LogP contribution is -2.22. The fraction of sp³-hybridized carbons (Fsp3) is 0.286. The van der Waals surface area contributed by atoms with Gasteiger partial charge in [0.05, 0.1) is 29.4 Å². The van der Waals surface area contributed by atoms with Crippen LogP contribution < -0.4 is 10.6 Å². The van der Waals surface area contributed by atoms with Crippen LogP contribution in [0.5, 0.6) is 0 Å². The quantitative estimate of drug-likeness (QED) is 0.386. The van der Waals surface area contributed by atoms with Crippen LogP contribution in [0.25, 0.3) is 10.4 Å². The van der Waals surface area contributed by atoms with Crippen LogP contribution >= 0.6 is 11.3 Å². The van der Waals surface area contributed by atoms with Crippen molar-refractivity contribution in [3.05, 3.63) is 48.0 Å². The lowest BCUT2D eigenvalue weighted by Gasteiger charge is -2.17. The zero-order valence-corrected chi connectivity index (χ0v) is 19.7. The molecular weight excluding hydrogens is 450 g/mol. The smallest absolute Gasteiger partial charge is 0.441 e. The maximum absolute atomic E-state index is 12.2. The Hall–Kier alpha value is -3.02. The molecule has 0 spiro atoms. The van der Waals surface area contributed by atoms with E-state index in [2.05, 4.69) is 25.0 Å². The number of ether oxygens (including phenoxy) is 2. The Balaban J connectivity index is 1.79. The molecule has 2 aromatic heterocycles. The second kappa shape index (κ2) is 11.6. The number of amides is 1. The van der Waals surface area contributed by atoms with E-state index in [9.17, 15) is 9.00 Å². The van der Waals surface area contributed by atoms with Gasteiger partial charge in [-0.1, -0.05) is 6.07 Å². The first-order valence-corrected chi connectivity index (χ1v) is 12.0. The van der Waals surface area contributed by atoms with Crippen molar-refractivity contribution in [1.29, 1.82) is 0 Å². The van der Waals surface area contributed by atoms with E-state index in [0.717, 1.165) is 10.4 Å². The van der Waals surface area contributed by atoms with Crippen LogP contribution in [-0.4, -0.2) is 46.6 Å². The first kappa shape index (κ1) is 23.6. The van der Waals surface area contributed by atoms with Crippen molar-refractivity contribution in [2.24, 2.45) is 4.36 Å². The van der Waals surface area contributed by atoms with E-state index in [1.54, 1.807) is 55.8 Å². The van der Waals surface area contributed by atoms with Crippen LogP contribution in [0.15, 0.2) is 57.2 Å². The largest absolute Gasteiger partial charge is 0.448 e. The molecule has 0 aliphatic rings. The van der Waals surface area contributed by atoms with Gasteiger partial charge < -0.3 is 20.1 Å². The molecule has 1 aromatic carbocycles. The van der Waals surface area contributed by atoms with E-state index >= 15 is 0 Å². The molecule has 2 heterocycles. The van der Waals surface area contributed by atoms with Gasteiger partial charge >= 0.3 is 6.09 Å². The number of rotatable bonds is 9. The molecule has 0 radical (unpaired) electrons. The highest BCUT2D eigenvalue weighted by Crippen LogP contribution is 2.31. The topological polar surface area (TPSA) is 115 Å². The summed E-state index contributed by atoms with van der Waals surface area (Å²) in [6, 6.07) is 10.8. The molecular formula is C21H25N5O4S2. The molecule has 11 heteroatoms. The van der Waals surface area contributed by atoms with Crippen molar-refractivity contribution >= 4 is 45.5 Å². The van der Waals surface area contributed by atoms with Crippen LogP contribution in [0.2, 0.25) is 0 Å². The first-order valence-electron chi connectivity index (χ1n) is 9.89. The van der Waals surface area contributed by atoms with Gasteiger partial charge in [-0.2, -0.15) is 4.98 Å². The van der Waals surface area contributed by atoms with Crippen molar-refractivity contribution in [2.45, 2.75) is 24.8 Å². The number of methoxy groups -OCH3 is 1. The van der Waals surface area contributed by atoms with Gasteiger partial charge in [-0.15, -0.1) is 15.7 Å². The first-order chi connectivity index (χ1) is 15.5. The van der Waals surface area contributed by atoms with Gasteiger partial charge in [-0.25, -0.2) is 14.0 Å². The van der Waals surface area contributed by atoms with Gasteiger partial charge in [0.2, 0.25) is 5.95 Å². The van der Waals surface area contributed by atoms with Crippen LogP contribution in [-0.2, 0) is 20.1 Å². The Morgan fingerprint density at radius 3 is 2.72 bits per heavy atom. The minimum atomic E-state index is -2.22. The Bertz CT molecular complexity index is 1110. The number of hydrogen-bond donors (Lipinski definition) is 3.